The first-order chi connectivity index (χ1) is 7.49. The molecular weight excluding hydrogens is 200 g/mol. The first-order valence-corrected chi connectivity index (χ1v) is 5.51. The third-order valence-corrected chi connectivity index (χ3v) is 2.33. The van der Waals surface area contributed by atoms with E-state index in [9.17, 15) is 4.79 Å². The predicted octanol–water partition coefficient (Wildman–Crippen LogP) is 1.67. The Hall–Kier alpha value is -1.35. The molecule has 0 aliphatic heterocycles. The molecule has 0 radical (unpaired) electrons. The number of hydrogen-bond donors (Lipinski definition) is 1. The van der Waals surface area contributed by atoms with E-state index in [4.69, 9.17) is 0 Å². The zero-order chi connectivity index (χ0) is 12.1. The van der Waals surface area contributed by atoms with Crippen molar-refractivity contribution in [3.63, 3.8) is 0 Å². The molecule has 0 spiro atoms. The monoisotopic (exact) mass is 220 g/mol. The van der Waals surface area contributed by atoms with E-state index in [2.05, 4.69) is 10.2 Å². The largest absolute Gasteiger partial charge is 0.348 e. The Kier molecular flexibility index (Phi) is 4.50. The summed E-state index contributed by atoms with van der Waals surface area (Å²) in [5.74, 6) is -0.00523. The van der Waals surface area contributed by atoms with Gasteiger partial charge in [-0.1, -0.05) is 17.7 Å². The van der Waals surface area contributed by atoms with Crippen molar-refractivity contribution in [3.8, 4) is 0 Å². The molecule has 0 aliphatic carbocycles. The van der Waals surface area contributed by atoms with E-state index in [0.717, 1.165) is 17.7 Å². The van der Waals surface area contributed by atoms with Crippen molar-refractivity contribution in [2.75, 3.05) is 20.6 Å². The summed E-state index contributed by atoms with van der Waals surface area (Å²) in [7, 11) is 3.99. The third-order valence-electron chi connectivity index (χ3n) is 2.33. The van der Waals surface area contributed by atoms with Gasteiger partial charge in [-0.2, -0.15) is 0 Å². The van der Waals surface area contributed by atoms with Gasteiger partial charge < -0.3 is 10.2 Å². The summed E-state index contributed by atoms with van der Waals surface area (Å²) in [4.78, 5) is 13.9. The topological polar surface area (TPSA) is 32.3 Å². The smallest absolute Gasteiger partial charge is 0.251 e. The van der Waals surface area contributed by atoms with Gasteiger partial charge in [-0.15, -0.1) is 0 Å². The average Bonchev–Trinajstić information content (AvgIpc) is 2.16. The van der Waals surface area contributed by atoms with Crippen molar-refractivity contribution in [3.05, 3.63) is 35.4 Å². The average molecular weight is 220 g/mol. The normalized spacial score (nSPS) is 12.6. The van der Waals surface area contributed by atoms with Gasteiger partial charge in [0.05, 0.1) is 0 Å². The fourth-order valence-corrected chi connectivity index (χ4v) is 1.61. The first-order valence-electron chi connectivity index (χ1n) is 5.51. The lowest BCUT2D eigenvalue weighted by Crippen LogP contribution is -2.39. The molecule has 88 valence electrons. The molecule has 1 unspecified atom stereocenters. The highest BCUT2D eigenvalue weighted by atomic mass is 16.1. The lowest BCUT2D eigenvalue weighted by atomic mass is 10.1. The predicted molar refractivity (Wildman–Crippen MR) is 66.7 cm³/mol. The highest BCUT2D eigenvalue weighted by Gasteiger charge is 2.09. The van der Waals surface area contributed by atoms with Crippen molar-refractivity contribution < 1.29 is 4.79 Å². The zero-order valence-corrected chi connectivity index (χ0v) is 10.4. The van der Waals surface area contributed by atoms with E-state index in [-0.39, 0.29) is 11.9 Å². The van der Waals surface area contributed by atoms with Crippen LogP contribution in [0.5, 0.6) is 0 Å². The van der Waals surface area contributed by atoms with Crippen molar-refractivity contribution >= 4 is 5.91 Å². The van der Waals surface area contributed by atoms with Crippen molar-refractivity contribution in [1.29, 1.82) is 0 Å². The minimum Gasteiger partial charge on any atom is -0.348 e. The van der Waals surface area contributed by atoms with Gasteiger partial charge >= 0.3 is 0 Å². The van der Waals surface area contributed by atoms with Crippen LogP contribution in [0.3, 0.4) is 0 Å². The first kappa shape index (κ1) is 12.7. The summed E-state index contributed by atoms with van der Waals surface area (Å²) >= 11 is 0. The Morgan fingerprint density at radius 2 is 1.88 bits per heavy atom. The molecular formula is C13H20N2O. The molecule has 1 aromatic rings. The van der Waals surface area contributed by atoms with Crippen LogP contribution in [0.1, 0.15) is 22.8 Å². The van der Waals surface area contributed by atoms with Gasteiger partial charge in [-0.25, -0.2) is 0 Å². The number of hydrogen-bond acceptors (Lipinski definition) is 2. The second-order valence-corrected chi connectivity index (χ2v) is 4.50. The summed E-state index contributed by atoms with van der Waals surface area (Å²) in [5.41, 5.74) is 1.88. The van der Waals surface area contributed by atoms with Crippen LogP contribution in [0.4, 0.5) is 0 Å². The number of nitrogens with one attached hydrogen (secondary N) is 1. The molecule has 1 rings (SSSR count). The van der Waals surface area contributed by atoms with Gasteiger partial charge in [0.1, 0.15) is 0 Å². The molecule has 0 aromatic heterocycles. The highest BCUT2D eigenvalue weighted by molar-refractivity contribution is 5.94. The molecule has 0 saturated carbocycles. The molecule has 1 atom stereocenters. The molecule has 0 saturated heterocycles. The summed E-state index contributed by atoms with van der Waals surface area (Å²) in [6.45, 7) is 4.86. The van der Waals surface area contributed by atoms with Crippen LogP contribution in [0.2, 0.25) is 0 Å². The number of carbonyl (C=O) groups is 1. The Morgan fingerprint density at radius 3 is 2.38 bits per heavy atom. The van der Waals surface area contributed by atoms with Crippen LogP contribution >= 0.6 is 0 Å². The molecule has 16 heavy (non-hydrogen) atoms. The van der Waals surface area contributed by atoms with E-state index >= 15 is 0 Å². The Labute approximate surface area is 97.5 Å². The van der Waals surface area contributed by atoms with E-state index in [1.54, 1.807) is 0 Å². The highest BCUT2D eigenvalue weighted by Crippen LogP contribution is 2.03. The van der Waals surface area contributed by atoms with Crippen molar-refractivity contribution in [2.24, 2.45) is 0 Å². The molecule has 3 heteroatoms. The van der Waals surface area contributed by atoms with E-state index in [1.165, 1.54) is 0 Å². The number of aryl methyl sites for hydroxylation is 1. The number of nitrogens with zero attached hydrogens (tertiary/aromatic N) is 1. The molecule has 1 N–H and O–H groups in total. The van der Waals surface area contributed by atoms with Crippen molar-refractivity contribution in [2.45, 2.75) is 19.9 Å². The molecule has 1 amide bonds. The fourth-order valence-electron chi connectivity index (χ4n) is 1.61. The molecule has 1 aromatic carbocycles. The van der Waals surface area contributed by atoms with Gasteiger partial charge in [0.15, 0.2) is 0 Å². The minimum atomic E-state index is -0.00523. The van der Waals surface area contributed by atoms with Crippen molar-refractivity contribution in [1.82, 2.24) is 10.2 Å². The third kappa shape index (κ3) is 4.03. The lowest BCUT2D eigenvalue weighted by molar-refractivity contribution is 0.0934. The van der Waals surface area contributed by atoms with Gasteiger partial charge in [0.25, 0.3) is 5.91 Å². The van der Waals surface area contributed by atoms with Gasteiger partial charge in [-0.3, -0.25) is 4.79 Å². The lowest BCUT2D eigenvalue weighted by Gasteiger charge is -2.18. The number of rotatable bonds is 4. The summed E-state index contributed by atoms with van der Waals surface area (Å²) in [6.07, 6.45) is 0. The van der Waals surface area contributed by atoms with Gasteiger partial charge in [-0.05, 0) is 40.1 Å². The van der Waals surface area contributed by atoms with Crippen LogP contribution in [0.25, 0.3) is 0 Å². The van der Waals surface area contributed by atoms with E-state index in [1.807, 2.05) is 52.2 Å². The molecule has 0 fully saturated rings. The Morgan fingerprint density at radius 1 is 1.31 bits per heavy atom. The maximum absolute atomic E-state index is 11.8. The number of amides is 1. The maximum Gasteiger partial charge on any atom is 0.251 e. The summed E-state index contributed by atoms with van der Waals surface area (Å²) in [5, 5.41) is 2.97. The number of carbonyl (C=O) groups excluding carboxylic acids is 1. The second kappa shape index (κ2) is 5.66. The minimum absolute atomic E-state index is 0.00523. The standard InChI is InChI=1S/C13H20N2O/c1-10-5-7-12(8-6-10)13(16)14-11(2)9-15(3)4/h5-8,11H,9H2,1-4H3,(H,14,16). The van der Waals surface area contributed by atoms with Gasteiger partial charge in [0, 0.05) is 18.2 Å². The van der Waals surface area contributed by atoms with Crippen LogP contribution in [0, 0.1) is 6.92 Å². The van der Waals surface area contributed by atoms with Crippen LogP contribution in [-0.2, 0) is 0 Å². The quantitative estimate of drug-likeness (QED) is 0.837. The summed E-state index contributed by atoms with van der Waals surface area (Å²) in [6, 6.07) is 7.76. The Balaban J connectivity index is 2.55. The van der Waals surface area contributed by atoms with Crippen LogP contribution in [0.15, 0.2) is 24.3 Å². The fraction of sp³-hybridized carbons (Fsp3) is 0.462. The summed E-state index contributed by atoms with van der Waals surface area (Å²) < 4.78 is 0. The SMILES string of the molecule is Cc1ccc(C(=O)NC(C)CN(C)C)cc1. The number of likely N-dealkylation sites (N-methyl/N-ethyl adjacent to an activating group) is 1. The van der Waals surface area contributed by atoms with E-state index in [0.29, 0.717) is 0 Å². The molecule has 0 bridgehead atoms. The maximum atomic E-state index is 11.8. The van der Waals surface area contributed by atoms with Crippen LogP contribution < -0.4 is 5.32 Å². The van der Waals surface area contributed by atoms with E-state index < -0.39 is 0 Å². The molecule has 0 aliphatic rings. The second-order valence-electron chi connectivity index (χ2n) is 4.50. The molecule has 3 nitrogen and oxygen atoms in total. The number of benzene rings is 1. The van der Waals surface area contributed by atoms with Crippen LogP contribution in [-0.4, -0.2) is 37.5 Å². The molecule has 0 heterocycles. The Bertz CT molecular complexity index is 343. The van der Waals surface area contributed by atoms with Gasteiger partial charge in [0.2, 0.25) is 0 Å². The zero-order valence-electron chi connectivity index (χ0n) is 10.4.